The highest BCUT2D eigenvalue weighted by Gasteiger charge is 2.19. The van der Waals surface area contributed by atoms with Gasteiger partial charge in [0.05, 0.1) is 0 Å². The normalized spacial score (nSPS) is 11.5. The highest BCUT2D eigenvalue weighted by atomic mass is 35.5. The topological polar surface area (TPSA) is 72.2 Å². The Labute approximate surface area is 121 Å². The first-order valence-electron chi connectivity index (χ1n) is 5.68. The number of halogens is 2. The van der Waals surface area contributed by atoms with E-state index in [-0.39, 0.29) is 12.2 Å². The van der Waals surface area contributed by atoms with Gasteiger partial charge in [0.15, 0.2) is 0 Å². The second kappa shape index (κ2) is 5.78. The summed E-state index contributed by atoms with van der Waals surface area (Å²) in [4.78, 5) is -0.446. The maximum absolute atomic E-state index is 13.6. The maximum Gasteiger partial charge on any atom is 0.243 e. The Morgan fingerprint density at radius 2 is 1.90 bits per heavy atom. The molecule has 2 aromatic rings. The summed E-state index contributed by atoms with van der Waals surface area (Å²) < 4.78 is 40.0. The van der Waals surface area contributed by atoms with Crippen LogP contribution < -0.4 is 10.5 Å². The molecule has 0 amide bonds. The molecule has 0 heterocycles. The summed E-state index contributed by atoms with van der Waals surface area (Å²) in [5, 5.41) is 0.438. The molecular formula is C13H12ClFN2O2S. The molecule has 0 bridgehead atoms. The van der Waals surface area contributed by atoms with Gasteiger partial charge in [0.2, 0.25) is 10.0 Å². The van der Waals surface area contributed by atoms with E-state index < -0.39 is 20.7 Å². The highest BCUT2D eigenvalue weighted by molar-refractivity contribution is 7.89. The van der Waals surface area contributed by atoms with Crippen LogP contribution in [-0.2, 0) is 16.6 Å². The largest absolute Gasteiger partial charge is 0.399 e. The van der Waals surface area contributed by atoms with Crippen LogP contribution in [0.25, 0.3) is 0 Å². The molecule has 0 aliphatic heterocycles. The number of hydrogen-bond donors (Lipinski definition) is 2. The third-order valence-electron chi connectivity index (χ3n) is 2.66. The molecule has 4 nitrogen and oxygen atoms in total. The molecule has 106 valence electrons. The van der Waals surface area contributed by atoms with Gasteiger partial charge in [0.1, 0.15) is 10.7 Å². The lowest BCUT2D eigenvalue weighted by atomic mass is 10.2. The lowest BCUT2D eigenvalue weighted by molar-refractivity contribution is 0.557. The van der Waals surface area contributed by atoms with Gasteiger partial charge in [-0.3, -0.25) is 0 Å². The Morgan fingerprint density at radius 3 is 2.55 bits per heavy atom. The van der Waals surface area contributed by atoms with Gasteiger partial charge in [-0.05, 0) is 29.8 Å². The maximum atomic E-state index is 13.6. The molecule has 2 rings (SSSR count). The summed E-state index contributed by atoms with van der Waals surface area (Å²) in [7, 11) is -3.96. The van der Waals surface area contributed by atoms with Crippen LogP contribution >= 0.6 is 11.6 Å². The first kappa shape index (κ1) is 14.8. The molecule has 0 aromatic heterocycles. The van der Waals surface area contributed by atoms with Gasteiger partial charge >= 0.3 is 0 Å². The van der Waals surface area contributed by atoms with Crippen LogP contribution in [0.3, 0.4) is 0 Å². The smallest absolute Gasteiger partial charge is 0.243 e. The van der Waals surface area contributed by atoms with Crippen LogP contribution in [0.2, 0.25) is 5.02 Å². The van der Waals surface area contributed by atoms with E-state index in [0.717, 1.165) is 12.1 Å². The fraction of sp³-hybridized carbons (Fsp3) is 0.0769. The molecule has 0 unspecified atom stereocenters. The number of nitrogens with two attached hydrogens (primary N) is 1. The molecule has 0 radical (unpaired) electrons. The van der Waals surface area contributed by atoms with Gasteiger partial charge in [-0.25, -0.2) is 17.5 Å². The molecule has 0 spiro atoms. The molecule has 0 saturated carbocycles. The summed E-state index contributed by atoms with van der Waals surface area (Å²) in [6, 6.07) is 10.2. The third-order valence-corrected chi connectivity index (χ3v) is 4.46. The second-order valence-corrected chi connectivity index (χ2v) is 6.25. The van der Waals surface area contributed by atoms with E-state index in [0.29, 0.717) is 10.6 Å². The summed E-state index contributed by atoms with van der Waals surface area (Å²) >= 11 is 5.93. The van der Waals surface area contributed by atoms with Crippen LogP contribution in [0.15, 0.2) is 47.4 Å². The van der Waals surface area contributed by atoms with Crippen molar-refractivity contribution >= 4 is 27.3 Å². The molecular weight excluding hydrogens is 303 g/mol. The number of rotatable bonds is 4. The fourth-order valence-electron chi connectivity index (χ4n) is 1.63. The SMILES string of the molecule is Nc1ccc(S(=O)(=O)NCc2ccccc2Cl)c(F)c1. The van der Waals surface area contributed by atoms with Crippen LogP contribution in [-0.4, -0.2) is 8.42 Å². The van der Waals surface area contributed by atoms with E-state index >= 15 is 0 Å². The predicted molar refractivity (Wildman–Crippen MR) is 76.3 cm³/mol. The first-order valence-corrected chi connectivity index (χ1v) is 7.54. The lowest BCUT2D eigenvalue weighted by Crippen LogP contribution is -2.24. The van der Waals surface area contributed by atoms with E-state index in [9.17, 15) is 12.8 Å². The Morgan fingerprint density at radius 1 is 1.20 bits per heavy atom. The van der Waals surface area contributed by atoms with Crippen molar-refractivity contribution in [2.45, 2.75) is 11.4 Å². The van der Waals surface area contributed by atoms with Crippen molar-refractivity contribution in [1.82, 2.24) is 4.72 Å². The average molecular weight is 315 g/mol. The molecule has 7 heteroatoms. The summed E-state index contributed by atoms with van der Waals surface area (Å²) in [6.07, 6.45) is 0. The van der Waals surface area contributed by atoms with Gasteiger partial charge in [0.25, 0.3) is 0 Å². The zero-order valence-corrected chi connectivity index (χ0v) is 11.9. The minimum absolute atomic E-state index is 0.0220. The second-order valence-electron chi connectivity index (χ2n) is 4.11. The molecule has 0 atom stereocenters. The van der Waals surface area contributed by atoms with Crippen LogP contribution in [0.5, 0.6) is 0 Å². The predicted octanol–water partition coefficient (Wildman–Crippen LogP) is 2.54. The first-order chi connectivity index (χ1) is 9.40. The van der Waals surface area contributed by atoms with Crippen molar-refractivity contribution in [2.24, 2.45) is 0 Å². The van der Waals surface area contributed by atoms with Crippen molar-refractivity contribution < 1.29 is 12.8 Å². The molecule has 0 aliphatic rings. The minimum Gasteiger partial charge on any atom is -0.399 e. The molecule has 0 fully saturated rings. The van der Waals surface area contributed by atoms with E-state index in [1.807, 2.05) is 0 Å². The van der Waals surface area contributed by atoms with E-state index in [4.69, 9.17) is 17.3 Å². The molecule has 0 aliphatic carbocycles. The fourth-order valence-corrected chi connectivity index (χ4v) is 2.89. The van der Waals surface area contributed by atoms with E-state index in [2.05, 4.69) is 4.72 Å². The lowest BCUT2D eigenvalue weighted by Gasteiger charge is -2.09. The number of hydrogen-bond acceptors (Lipinski definition) is 3. The van der Waals surface area contributed by atoms with E-state index in [1.165, 1.54) is 6.07 Å². The number of nitrogen functional groups attached to an aromatic ring is 1. The zero-order chi connectivity index (χ0) is 14.8. The third kappa shape index (κ3) is 3.27. The molecule has 3 N–H and O–H groups in total. The van der Waals surface area contributed by atoms with Crippen LogP contribution in [0.1, 0.15) is 5.56 Å². The number of sulfonamides is 1. The monoisotopic (exact) mass is 314 g/mol. The number of anilines is 1. The molecule has 0 saturated heterocycles. The van der Waals surface area contributed by atoms with Crippen LogP contribution in [0.4, 0.5) is 10.1 Å². The van der Waals surface area contributed by atoms with Crippen molar-refractivity contribution in [3.63, 3.8) is 0 Å². The summed E-state index contributed by atoms with van der Waals surface area (Å²) in [5.41, 5.74) is 6.15. The average Bonchev–Trinajstić information content (AvgIpc) is 2.37. The van der Waals surface area contributed by atoms with Crippen LogP contribution in [0, 0.1) is 5.82 Å². The summed E-state index contributed by atoms with van der Waals surface area (Å²) in [5.74, 6) is -0.892. The quantitative estimate of drug-likeness (QED) is 0.852. The van der Waals surface area contributed by atoms with Crippen molar-refractivity contribution in [2.75, 3.05) is 5.73 Å². The van der Waals surface area contributed by atoms with Crippen molar-refractivity contribution in [1.29, 1.82) is 0 Å². The Hall–Kier alpha value is -1.63. The van der Waals surface area contributed by atoms with E-state index in [1.54, 1.807) is 24.3 Å². The zero-order valence-electron chi connectivity index (χ0n) is 10.3. The standard InChI is InChI=1S/C13H12ClFN2O2S/c14-11-4-2-1-3-9(11)8-17-20(18,19)13-6-5-10(16)7-12(13)15/h1-7,17H,8,16H2. The van der Waals surface area contributed by atoms with Gasteiger partial charge in [-0.15, -0.1) is 0 Å². The minimum atomic E-state index is -3.96. The number of nitrogens with one attached hydrogen (secondary N) is 1. The van der Waals surface area contributed by atoms with Gasteiger partial charge in [0, 0.05) is 17.3 Å². The van der Waals surface area contributed by atoms with Gasteiger partial charge in [-0.1, -0.05) is 29.8 Å². The Bertz CT molecular complexity index is 735. The Balaban J connectivity index is 2.22. The van der Waals surface area contributed by atoms with Gasteiger partial charge < -0.3 is 5.73 Å². The van der Waals surface area contributed by atoms with Crippen molar-refractivity contribution in [3.8, 4) is 0 Å². The van der Waals surface area contributed by atoms with Crippen molar-refractivity contribution in [3.05, 3.63) is 58.9 Å². The number of benzene rings is 2. The van der Waals surface area contributed by atoms with Gasteiger partial charge in [-0.2, -0.15) is 0 Å². The highest BCUT2D eigenvalue weighted by Crippen LogP contribution is 2.19. The molecule has 20 heavy (non-hydrogen) atoms. The molecule has 2 aromatic carbocycles. The Kier molecular flexibility index (Phi) is 4.27. The summed E-state index contributed by atoms with van der Waals surface area (Å²) in [6.45, 7) is -0.0220.